The average molecular weight is 419 g/mol. The van der Waals surface area contributed by atoms with Gasteiger partial charge in [0, 0.05) is 0 Å². The average Bonchev–Trinajstić information content (AvgIpc) is 2.72. The zero-order chi connectivity index (χ0) is 22.2. The summed E-state index contributed by atoms with van der Waals surface area (Å²) in [6.07, 6.45) is 18.8. The number of benzene rings is 1. The van der Waals surface area contributed by atoms with Gasteiger partial charge >= 0.3 is 11.9 Å². The molecule has 0 aliphatic rings. The van der Waals surface area contributed by atoms with E-state index in [1.54, 1.807) is 0 Å². The third kappa shape index (κ3) is 9.77. The molecular formula is C26H42O4. The molecule has 0 heterocycles. The van der Waals surface area contributed by atoms with Crippen LogP contribution in [0.3, 0.4) is 0 Å². The van der Waals surface area contributed by atoms with Crippen molar-refractivity contribution in [1.29, 1.82) is 0 Å². The topological polar surface area (TPSA) is 74.6 Å². The number of hydrogen-bond donors (Lipinski definition) is 2. The van der Waals surface area contributed by atoms with Crippen LogP contribution in [0.5, 0.6) is 0 Å². The quantitative estimate of drug-likeness (QED) is 0.240. The highest BCUT2D eigenvalue weighted by molar-refractivity contribution is 6.03. The third-order valence-electron chi connectivity index (χ3n) is 5.93. The van der Waals surface area contributed by atoms with E-state index in [1.165, 1.54) is 70.3 Å². The highest BCUT2D eigenvalue weighted by atomic mass is 16.4. The van der Waals surface area contributed by atoms with Crippen LogP contribution < -0.4 is 0 Å². The monoisotopic (exact) mass is 418 g/mol. The van der Waals surface area contributed by atoms with Crippen LogP contribution >= 0.6 is 0 Å². The minimum atomic E-state index is -1.16. The summed E-state index contributed by atoms with van der Waals surface area (Å²) in [5.74, 6) is -2.29. The van der Waals surface area contributed by atoms with Gasteiger partial charge in [-0.1, -0.05) is 97.0 Å². The lowest BCUT2D eigenvalue weighted by Gasteiger charge is -2.15. The molecule has 1 rings (SSSR count). The molecule has 0 saturated carbocycles. The van der Waals surface area contributed by atoms with Crippen LogP contribution in [0.1, 0.15) is 136 Å². The second-order valence-corrected chi connectivity index (χ2v) is 8.48. The zero-order valence-corrected chi connectivity index (χ0v) is 19.2. The van der Waals surface area contributed by atoms with E-state index in [1.807, 2.05) is 6.07 Å². The molecule has 0 fully saturated rings. The molecule has 0 unspecified atom stereocenters. The minimum Gasteiger partial charge on any atom is -0.478 e. The van der Waals surface area contributed by atoms with Gasteiger partial charge in [-0.2, -0.15) is 0 Å². The Bertz CT molecular complexity index is 636. The number of aryl methyl sites for hydroxylation is 1. The first-order chi connectivity index (χ1) is 14.5. The summed E-state index contributed by atoms with van der Waals surface area (Å²) in [6, 6.07) is 3.30. The van der Waals surface area contributed by atoms with Gasteiger partial charge in [0.25, 0.3) is 0 Å². The maximum atomic E-state index is 11.8. The summed E-state index contributed by atoms with van der Waals surface area (Å²) >= 11 is 0. The van der Waals surface area contributed by atoms with Gasteiger partial charge in [-0.05, 0) is 42.9 Å². The van der Waals surface area contributed by atoms with E-state index < -0.39 is 11.9 Å². The van der Waals surface area contributed by atoms with Crippen molar-refractivity contribution < 1.29 is 19.8 Å². The van der Waals surface area contributed by atoms with Crippen molar-refractivity contribution in [3.63, 3.8) is 0 Å². The summed E-state index contributed by atoms with van der Waals surface area (Å²) in [7, 11) is 0. The molecule has 4 heteroatoms. The molecule has 1 aromatic carbocycles. The lowest BCUT2D eigenvalue weighted by atomic mass is 9.89. The Kier molecular flexibility index (Phi) is 13.9. The van der Waals surface area contributed by atoms with Crippen LogP contribution in [0, 0.1) is 0 Å². The molecule has 0 aliphatic heterocycles. The maximum Gasteiger partial charge on any atom is 0.336 e. The molecular weight excluding hydrogens is 376 g/mol. The Morgan fingerprint density at radius 3 is 1.60 bits per heavy atom. The molecule has 30 heavy (non-hydrogen) atoms. The first-order valence-corrected chi connectivity index (χ1v) is 12.1. The Labute approximate surface area is 183 Å². The molecule has 0 atom stereocenters. The minimum absolute atomic E-state index is 0.00705. The second-order valence-electron chi connectivity index (χ2n) is 8.48. The molecule has 0 aliphatic carbocycles. The Hall–Kier alpha value is -1.84. The smallest absolute Gasteiger partial charge is 0.336 e. The Balaban J connectivity index is 2.45. The summed E-state index contributed by atoms with van der Waals surface area (Å²) in [6.45, 7) is 4.31. The van der Waals surface area contributed by atoms with Crippen molar-refractivity contribution in [2.45, 2.75) is 117 Å². The summed E-state index contributed by atoms with van der Waals surface area (Å²) in [5, 5.41) is 19.0. The van der Waals surface area contributed by atoms with Crippen molar-refractivity contribution in [1.82, 2.24) is 0 Å². The van der Waals surface area contributed by atoms with Crippen molar-refractivity contribution in [2.75, 3.05) is 0 Å². The van der Waals surface area contributed by atoms with Crippen LogP contribution in [0.25, 0.3) is 0 Å². The van der Waals surface area contributed by atoms with Crippen LogP contribution in [-0.2, 0) is 12.8 Å². The van der Waals surface area contributed by atoms with E-state index in [4.69, 9.17) is 0 Å². The van der Waals surface area contributed by atoms with Gasteiger partial charge < -0.3 is 10.2 Å². The summed E-state index contributed by atoms with van der Waals surface area (Å²) in [4.78, 5) is 23.2. The Morgan fingerprint density at radius 2 is 1.13 bits per heavy atom. The van der Waals surface area contributed by atoms with Crippen LogP contribution in [0.2, 0.25) is 0 Å². The maximum absolute atomic E-state index is 11.8. The summed E-state index contributed by atoms with van der Waals surface area (Å²) in [5.41, 5.74) is 1.64. The van der Waals surface area contributed by atoms with E-state index in [-0.39, 0.29) is 11.1 Å². The molecule has 2 N–H and O–H groups in total. The van der Waals surface area contributed by atoms with Gasteiger partial charge in [-0.15, -0.1) is 0 Å². The second kappa shape index (κ2) is 15.9. The number of aromatic carboxylic acids is 2. The van der Waals surface area contributed by atoms with E-state index in [9.17, 15) is 19.8 Å². The molecule has 170 valence electrons. The molecule has 0 radical (unpaired) electrons. The van der Waals surface area contributed by atoms with Gasteiger partial charge in [-0.3, -0.25) is 0 Å². The van der Waals surface area contributed by atoms with Gasteiger partial charge in [0.2, 0.25) is 0 Å². The van der Waals surface area contributed by atoms with E-state index in [0.29, 0.717) is 6.42 Å². The fraction of sp³-hybridized carbons (Fsp3) is 0.692. The molecule has 1 aromatic rings. The number of unbranched alkanes of at least 4 members (excludes halogenated alkanes) is 12. The van der Waals surface area contributed by atoms with Crippen LogP contribution in [-0.4, -0.2) is 22.2 Å². The number of carboxylic acid groups (broad SMARTS) is 2. The van der Waals surface area contributed by atoms with E-state index in [2.05, 4.69) is 13.8 Å². The lowest BCUT2D eigenvalue weighted by molar-refractivity contribution is 0.0650. The van der Waals surface area contributed by atoms with Crippen molar-refractivity contribution >= 4 is 11.9 Å². The fourth-order valence-corrected chi connectivity index (χ4v) is 4.14. The van der Waals surface area contributed by atoms with Gasteiger partial charge in [0.1, 0.15) is 0 Å². The third-order valence-corrected chi connectivity index (χ3v) is 5.93. The SMILES string of the molecule is CCCCCCCCCCCCCCc1ccc(C(=O)O)c(C(=O)O)c1CCCC. The number of carbonyl (C=O) groups is 2. The molecule has 0 spiro atoms. The van der Waals surface area contributed by atoms with Crippen LogP contribution in [0.15, 0.2) is 12.1 Å². The normalized spacial score (nSPS) is 11.0. The molecule has 0 aromatic heterocycles. The first-order valence-electron chi connectivity index (χ1n) is 12.1. The Morgan fingerprint density at radius 1 is 0.633 bits per heavy atom. The molecule has 0 amide bonds. The summed E-state index contributed by atoms with van der Waals surface area (Å²) < 4.78 is 0. The molecule has 4 nitrogen and oxygen atoms in total. The standard InChI is InChI=1S/C26H42O4/c1-3-5-7-8-9-10-11-12-13-14-15-16-17-21-19-20-23(25(27)28)24(26(29)30)22(21)18-6-4-2/h19-20H,3-18H2,1-2H3,(H,27,28)(H,29,30). The zero-order valence-electron chi connectivity index (χ0n) is 19.2. The fourth-order valence-electron chi connectivity index (χ4n) is 4.14. The molecule has 0 bridgehead atoms. The van der Waals surface area contributed by atoms with Crippen molar-refractivity contribution in [2.24, 2.45) is 0 Å². The van der Waals surface area contributed by atoms with Gasteiger partial charge in [0.15, 0.2) is 0 Å². The van der Waals surface area contributed by atoms with E-state index >= 15 is 0 Å². The van der Waals surface area contributed by atoms with Gasteiger partial charge in [-0.25, -0.2) is 9.59 Å². The number of carboxylic acids is 2. The van der Waals surface area contributed by atoms with Gasteiger partial charge in [0.05, 0.1) is 11.1 Å². The highest BCUT2D eigenvalue weighted by Gasteiger charge is 2.22. The number of hydrogen-bond acceptors (Lipinski definition) is 2. The predicted octanol–water partition coefficient (Wildman–Crippen LogP) is 7.67. The lowest BCUT2D eigenvalue weighted by Crippen LogP contribution is -2.14. The van der Waals surface area contributed by atoms with Crippen LogP contribution in [0.4, 0.5) is 0 Å². The predicted molar refractivity (Wildman–Crippen MR) is 124 cm³/mol. The number of rotatable bonds is 18. The molecule has 0 saturated heterocycles. The largest absolute Gasteiger partial charge is 0.478 e. The first kappa shape index (κ1) is 26.2. The van der Waals surface area contributed by atoms with Crippen molar-refractivity contribution in [3.8, 4) is 0 Å². The van der Waals surface area contributed by atoms with Crippen molar-refractivity contribution in [3.05, 3.63) is 34.4 Å². The van der Waals surface area contributed by atoms with E-state index in [0.717, 1.165) is 43.2 Å². The highest BCUT2D eigenvalue weighted by Crippen LogP contribution is 2.24.